The molecular formula is C18H28N6O3. The fraction of sp³-hybridized carbons (Fsp3) is 0.667. The molecule has 0 spiro atoms. The number of carbonyl (C=O) groups is 2. The lowest BCUT2D eigenvalue weighted by Gasteiger charge is -2.34. The second-order valence-electron chi connectivity index (χ2n) is 6.68. The highest BCUT2D eigenvalue weighted by molar-refractivity contribution is 5.92. The minimum atomic E-state index is -0.271. The number of anilines is 1. The zero-order chi connectivity index (χ0) is 19.2. The molecule has 148 valence electrons. The van der Waals surface area contributed by atoms with E-state index in [1.165, 1.54) is 0 Å². The smallest absolute Gasteiger partial charge is 0.409 e. The van der Waals surface area contributed by atoms with Crippen LogP contribution in [0.25, 0.3) is 0 Å². The summed E-state index contributed by atoms with van der Waals surface area (Å²) in [7, 11) is 0. The van der Waals surface area contributed by atoms with E-state index in [-0.39, 0.29) is 12.0 Å². The predicted molar refractivity (Wildman–Crippen MR) is 101 cm³/mol. The van der Waals surface area contributed by atoms with Gasteiger partial charge in [-0.25, -0.2) is 4.79 Å². The van der Waals surface area contributed by atoms with Gasteiger partial charge in [0.1, 0.15) is 0 Å². The van der Waals surface area contributed by atoms with Crippen molar-refractivity contribution in [2.75, 3.05) is 70.4 Å². The largest absolute Gasteiger partial charge is 0.450 e. The zero-order valence-electron chi connectivity index (χ0n) is 16.1. The first-order valence-corrected chi connectivity index (χ1v) is 9.64. The van der Waals surface area contributed by atoms with E-state index in [1.54, 1.807) is 17.9 Å². The average molecular weight is 376 g/mol. The molecule has 0 N–H and O–H groups in total. The van der Waals surface area contributed by atoms with Crippen molar-refractivity contribution in [2.24, 2.45) is 0 Å². The first-order valence-electron chi connectivity index (χ1n) is 9.64. The monoisotopic (exact) mass is 376 g/mol. The van der Waals surface area contributed by atoms with Gasteiger partial charge in [-0.15, -0.1) is 10.2 Å². The molecular weight excluding hydrogens is 348 g/mol. The Kier molecular flexibility index (Phi) is 6.44. The molecule has 2 saturated heterocycles. The maximum Gasteiger partial charge on any atom is 0.409 e. The van der Waals surface area contributed by atoms with E-state index in [9.17, 15) is 9.59 Å². The summed E-state index contributed by atoms with van der Waals surface area (Å²) in [5.74, 6) is 0.669. The molecule has 0 aromatic carbocycles. The summed E-state index contributed by atoms with van der Waals surface area (Å²) >= 11 is 0. The van der Waals surface area contributed by atoms with Crippen LogP contribution in [0.4, 0.5) is 10.6 Å². The molecule has 0 bridgehead atoms. The SMILES string of the molecule is CCOC(=O)N1CCN(c2ccc(C(=O)N3CCN(CC)CC3)nn2)CC1. The molecule has 2 aliphatic heterocycles. The van der Waals surface area contributed by atoms with Crippen molar-refractivity contribution < 1.29 is 14.3 Å². The second-order valence-corrected chi connectivity index (χ2v) is 6.68. The van der Waals surface area contributed by atoms with Gasteiger partial charge in [0.2, 0.25) is 0 Å². The number of hydrogen-bond donors (Lipinski definition) is 0. The fourth-order valence-corrected chi connectivity index (χ4v) is 3.37. The van der Waals surface area contributed by atoms with Crippen molar-refractivity contribution in [1.29, 1.82) is 0 Å². The van der Waals surface area contributed by atoms with Gasteiger partial charge in [-0.2, -0.15) is 0 Å². The molecule has 2 amide bonds. The van der Waals surface area contributed by atoms with Crippen LogP contribution in [0.3, 0.4) is 0 Å². The van der Waals surface area contributed by atoms with E-state index in [2.05, 4.69) is 26.9 Å². The van der Waals surface area contributed by atoms with Gasteiger partial charge in [-0.1, -0.05) is 6.92 Å². The van der Waals surface area contributed by atoms with Crippen LogP contribution in [0.2, 0.25) is 0 Å². The summed E-state index contributed by atoms with van der Waals surface area (Å²) in [6.45, 7) is 11.1. The maximum atomic E-state index is 12.6. The highest BCUT2D eigenvalue weighted by atomic mass is 16.6. The second kappa shape index (κ2) is 8.98. The maximum absolute atomic E-state index is 12.6. The van der Waals surface area contributed by atoms with E-state index in [1.807, 2.05) is 11.0 Å². The van der Waals surface area contributed by atoms with Gasteiger partial charge in [0, 0.05) is 52.4 Å². The topological polar surface area (TPSA) is 82.1 Å². The number of hydrogen-bond acceptors (Lipinski definition) is 7. The van der Waals surface area contributed by atoms with Crippen LogP contribution in [0.5, 0.6) is 0 Å². The average Bonchev–Trinajstić information content (AvgIpc) is 2.74. The van der Waals surface area contributed by atoms with Crippen molar-refractivity contribution in [3.8, 4) is 0 Å². The molecule has 3 heterocycles. The Labute approximate surface area is 159 Å². The molecule has 0 aliphatic carbocycles. The van der Waals surface area contributed by atoms with Gasteiger partial charge in [0.25, 0.3) is 5.91 Å². The number of carbonyl (C=O) groups excluding carboxylic acids is 2. The van der Waals surface area contributed by atoms with E-state index in [0.717, 1.165) is 38.5 Å². The van der Waals surface area contributed by atoms with Crippen LogP contribution in [0.15, 0.2) is 12.1 Å². The molecule has 9 heteroatoms. The molecule has 0 unspecified atom stereocenters. The van der Waals surface area contributed by atoms with Gasteiger partial charge in [0.05, 0.1) is 6.61 Å². The molecule has 27 heavy (non-hydrogen) atoms. The first kappa shape index (κ1) is 19.3. The Hall–Kier alpha value is -2.42. The summed E-state index contributed by atoms with van der Waals surface area (Å²) in [5.41, 5.74) is 0.383. The first-order chi connectivity index (χ1) is 13.1. The van der Waals surface area contributed by atoms with Gasteiger partial charge in [0.15, 0.2) is 11.5 Å². The highest BCUT2D eigenvalue weighted by Gasteiger charge is 2.25. The van der Waals surface area contributed by atoms with Crippen LogP contribution >= 0.6 is 0 Å². The number of ether oxygens (including phenoxy) is 1. The number of likely N-dealkylation sites (N-methyl/N-ethyl adjacent to an activating group) is 1. The summed E-state index contributed by atoms with van der Waals surface area (Å²) < 4.78 is 5.03. The zero-order valence-corrected chi connectivity index (χ0v) is 16.1. The molecule has 1 aromatic heterocycles. The van der Waals surface area contributed by atoms with Crippen molar-refractivity contribution >= 4 is 17.8 Å². The van der Waals surface area contributed by atoms with Crippen LogP contribution in [0, 0.1) is 0 Å². The van der Waals surface area contributed by atoms with Crippen molar-refractivity contribution in [1.82, 2.24) is 24.9 Å². The van der Waals surface area contributed by atoms with E-state index >= 15 is 0 Å². The quantitative estimate of drug-likeness (QED) is 0.758. The molecule has 9 nitrogen and oxygen atoms in total. The lowest BCUT2D eigenvalue weighted by molar-refractivity contribution is 0.0636. The Morgan fingerprint density at radius 1 is 0.926 bits per heavy atom. The van der Waals surface area contributed by atoms with E-state index < -0.39 is 0 Å². The highest BCUT2D eigenvalue weighted by Crippen LogP contribution is 2.14. The van der Waals surface area contributed by atoms with E-state index in [4.69, 9.17) is 4.74 Å². The normalized spacial score (nSPS) is 18.5. The van der Waals surface area contributed by atoms with Gasteiger partial charge >= 0.3 is 6.09 Å². The van der Waals surface area contributed by atoms with Crippen LogP contribution in [0.1, 0.15) is 24.3 Å². The molecule has 0 radical (unpaired) electrons. The third kappa shape index (κ3) is 4.65. The number of aromatic nitrogens is 2. The molecule has 0 atom stereocenters. The van der Waals surface area contributed by atoms with E-state index in [0.29, 0.717) is 38.5 Å². The molecule has 2 aliphatic rings. The Morgan fingerprint density at radius 3 is 2.15 bits per heavy atom. The van der Waals surface area contributed by atoms with Gasteiger partial charge < -0.3 is 24.3 Å². The van der Waals surface area contributed by atoms with Gasteiger partial charge in [-0.05, 0) is 25.6 Å². The van der Waals surface area contributed by atoms with Crippen molar-refractivity contribution in [3.63, 3.8) is 0 Å². The molecule has 2 fully saturated rings. The summed E-state index contributed by atoms with van der Waals surface area (Å²) in [6.07, 6.45) is -0.271. The third-order valence-electron chi connectivity index (χ3n) is 5.11. The molecule has 1 aromatic rings. The Morgan fingerprint density at radius 2 is 1.59 bits per heavy atom. The van der Waals surface area contributed by atoms with Crippen LogP contribution in [-0.4, -0.2) is 102 Å². The third-order valence-corrected chi connectivity index (χ3v) is 5.11. The molecule has 3 rings (SSSR count). The number of rotatable bonds is 4. The fourth-order valence-electron chi connectivity index (χ4n) is 3.37. The van der Waals surface area contributed by atoms with Crippen LogP contribution < -0.4 is 4.90 Å². The van der Waals surface area contributed by atoms with Crippen LogP contribution in [-0.2, 0) is 4.74 Å². The number of amides is 2. The summed E-state index contributed by atoms with van der Waals surface area (Å²) in [4.78, 5) is 32.3. The Bertz CT molecular complexity index is 637. The lowest BCUT2D eigenvalue weighted by Crippen LogP contribution is -2.49. The Balaban J connectivity index is 1.53. The van der Waals surface area contributed by atoms with Crippen molar-refractivity contribution in [3.05, 3.63) is 17.8 Å². The molecule has 0 saturated carbocycles. The number of piperazine rings is 2. The lowest BCUT2D eigenvalue weighted by atomic mass is 10.2. The number of nitrogens with zero attached hydrogens (tertiary/aromatic N) is 6. The van der Waals surface area contributed by atoms with Crippen molar-refractivity contribution in [2.45, 2.75) is 13.8 Å². The minimum absolute atomic E-state index is 0.0584. The summed E-state index contributed by atoms with van der Waals surface area (Å²) in [6, 6.07) is 3.58. The minimum Gasteiger partial charge on any atom is -0.450 e. The standard InChI is InChI=1S/C18H28N6O3/c1-3-21-7-9-23(10-8-21)17(25)15-5-6-16(20-19-15)22-11-13-24(14-12-22)18(26)27-4-2/h5-6H,3-4,7-14H2,1-2H3. The predicted octanol–water partition coefficient (Wildman–Crippen LogP) is 0.533. The summed E-state index contributed by atoms with van der Waals surface area (Å²) in [5, 5.41) is 8.39. The van der Waals surface area contributed by atoms with Gasteiger partial charge in [-0.3, -0.25) is 4.79 Å².